The van der Waals surface area contributed by atoms with Gasteiger partial charge >= 0.3 is 24.3 Å². The Balaban J connectivity index is 3.45. The first-order valence-corrected chi connectivity index (χ1v) is 10.3. The van der Waals surface area contributed by atoms with Crippen LogP contribution in [0.25, 0.3) is 0 Å². The molecule has 0 fully saturated rings. The van der Waals surface area contributed by atoms with Crippen molar-refractivity contribution >= 4 is 22.1 Å². The second-order valence-electron chi connectivity index (χ2n) is 7.86. The van der Waals surface area contributed by atoms with Gasteiger partial charge in [-0.2, -0.15) is 34.8 Å². The lowest BCUT2D eigenvalue weighted by Gasteiger charge is -2.28. The summed E-state index contributed by atoms with van der Waals surface area (Å²) in [7, 11) is -5.33. The number of hydrogen-bond acceptors (Lipinski definition) is 7. The highest BCUT2D eigenvalue weighted by Gasteiger charge is 2.48. The van der Waals surface area contributed by atoms with Gasteiger partial charge in [0.25, 0.3) is 10.1 Å². The van der Waals surface area contributed by atoms with E-state index in [0.29, 0.717) is 6.26 Å². The maximum absolute atomic E-state index is 13.0. The van der Waals surface area contributed by atoms with Crippen LogP contribution in [-0.2, 0) is 45.7 Å². The molecule has 7 nitrogen and oxygen atoms in total. The van der Waals surface area contributed by atoms with Crippen LogP contribution in [0.1, 0.15) is 38.8 Å². The fourth-order valence-corrected chi connectivity index (χ4v) is 3.20. The number of carbonyl (C=O) groups excluding carboxylic acids is 2. The van der Waals surface area contributed by atoms with Gasteiger partial charge in [0.15, 0.2) is 5.41 Å². The molecule has 0 aromatic heterocycles. The number of carbonyl (C=O) groups is 2. The quantitative estimate of drug-likeness (QED) is 0.177. The van der Waals surface area contributed by atoms with E-state index in [1.807, 2.05) is 0 Å². The van der Waals surface area contributed by atoms with Gasteiger partial charge in [-0.25, -0.2) is 0 Å². The van der Waals surface area contributed by atoms with E-state index in [1.54, 1.807) is 0 Å². The van der Waals surface area contributed by atoms with E-state index in [-0.39, 0.29) is 18.2 Å². The lowest BCUT2D eigenvalue weighted by Crippen LogP contribution is -2.45. The Hall–Kier alpha value is -2.61. The number of ether oxygens (including phenoxy) is 2. The third-order valence-corrected chi connectivity index (χ3v) is 5.08. The van der Waals surface area contributed by atoms with E-state index in [0.717, 1.165) is 6.92 Å². The Labute approximate surface area is 185 Å². The molecule has 0 spiro atoms. The summed E-state index contributed by atoms with van der Waals surface area (Å²) in [5.74, 6) is -2.71. The minimum absolute atomic E-state index is 0.0720. The topological polar surface area (TPSA) is 96.0 Å². The molecule has 0 aliphatic rings. The van der Waals surface area contributed by atoms with Crippen molar-refractivity contribution in [2.45, 2.75) is 50.5 Å². The second-order valence-corrected chi connectivity index (χ2v) is 9.48. The Morgan fingerprint density at radius 2 is 1.36 bits per heavy atom. The summed E-state index contributed by atoms with van der Waals surface area (Å²) in [5, 5.41) is 0. The zero-order valence-electron chi connectivity index (χ0n) is 17.8. The molecule has 0 aliphatic heterocycles. The molecule has 0 amide bonds. The third kappa shape index (κ3) is 7.45. The van der Waals surface area contributed by atoms with Gasteiger partial charge in [-0.1, -0.05) is 6.58 Å². The molecule has 33 heavy (non-hydrogen) atoms. The van der Waals surface area contributed by atoms with Crippen LogP contribution in [0.4, 0.5) is 26.3 Å². The predicted molar refractivity (Wildman–Crippen MR) is 99.8 cm³/mol. The SMILES string of the molecule is C=COC(=O)C(C)(COS(=O)(=O)c1cc(C(F)(F)F)cc(C(F)(F)F)c1)C(=O)OC(C)(C)C. The van der Waals surface area contributed by atoms with Crippen LogP contribution < -0.4 is 0 Å². The number of hydrogen-bond donors (Lipinski definition) is 0. The van der Waals surface area contributed by atoms with Gasteiger partial charge in [-0.05, 0) is 45.9 Å². The van der Waals surface area contributed by atoms with E-state index in [2.05, 4.69) is 15.5 Å². The highest BCUT2D eigenvalue weighted by atomic mass is 32.2. The number of esters is 2. The van der Waals surface area contributed by atoms with Crippen molar-refractivity contribution in [3.63, 3.8) is 0 Å². The lowest BCUT2D eigenvalue weighted by atomic mass is 9.92. The minimum Gasteiger partial charge on any atom is -0.459 e. The average molecular weight is 506 g/mol. The van der Waals surface area contributed by atoms with E-state index in [4.69, 9.17) is 4.74 Å². The number of halogens is 6. The Morgan fingerprint density at radius 1 is 0.909 bits per heavy atom. The Kier molecular flexibility index (Phi) is 8.04. The van der Waals surface area contributed by atoms with E-state index < -0.39 is 68.1 Å². The van der Waals surface area contributed by atoms with Gasteiger partial charge in [0, 0.05) is 0 Å². The molecular formula is C19H20F6O7S. The first-order valence-electron chi connectivity index (χ1n) is 8.88. The van der Waals surface area contributed by atoms with Gasteiger partial charge in [-0.3, -0.25) is 13.8 Å². The van der Waals surface area contributed by atoms with Crippen molar-refractivity contribution < 1.29 is 58.0 Å². The van der Waals surface area contributed by atoms with Gasteiger partial charge in [-0.15, -0.1) is 0 Å². The number of rotatable bonds is 7. The monoisotopic (exact) mass is 506 g/mol. The summed E-state index contributed by atoms with van der Waals surface area (Å²) >= 11 is 0. The summed E-state index contributed by atoms with van der Waals surface area (Å²) in [4.78, 5) is 23.2. The molecule has 0 saturated heterocycles. The summed E-state index contributed by atoms with van der Waals surface area (Å²) < 4.78 is 117. The predicted octanol–water partition coefficient (Wildman–Crippen LogP) is 4.46. The van der Waals surface area contributed by atoms with Crippen LogP contribution in [0.15, 0.2) is 35.9 Å². The first kappa shape index (κ1) is 28.4. The first-order chi connectivity index (χ1) is 14.6. The van der Waals surface area contributed by atoms with Crippen molar-refractivity contribution in [1.29, 1.82) is 0 Å². The van der Waals surface area contributed by atoms with Crippen LogP contribution in [0.5, 0.6) is 0 Å². The van der Waals surface area contributed by atoms with E-state index in [1.165, 1.54) is 20.8 Å². The molecule has 0 bridgehead atoms. The molecule has 14 heteroatoms. The molecule has 0 N–H and O–H groups in total. The molecule has 1 rings (SSSR count). The van der Waals surface area contributed by atoms with Crippen molar-refractivity contribution in [3.05, 3.63) is 42.2 Å². The van der Waals surface area contributed by atoms with Crippen LogP contribution in [0.3, 0.4) is 0 Å². The van der Waals surface area contributed by atoms with Crippen molar-refractivity contribution in [1.82, 2.24) is 0 Å². The third-order valence-electron chi connectivity index (χ3n) is 3.84. The maximum atomic E-state index is 13.0. The molecule has 1 aromatic rings. The number of alkyl halides is 6. The Morgan fingerprint density at radius 3 is 1.73 bits per heavy atom. The molecular weight excluding hydrogens is 486 g/mol. The molecule has 1 aromatic carbocycles. The molecule has 0 saturated carbocycles. The molecule has 0 heterocycles. The van der Waals surface area contributed by atoms with Gasteiger partial charge in [0.05, 0.1) is 28.9 Å². The van der Waals surface area contributed by atoms with Crippen LogP contribution in [-0.4, -0.2) is 32.6 Å². The van der Waals surface area contributed by atoms with E-state index in [9.17, 15) is 44.3 Å². The highest BCUT2D eigenvalue weighted by molar-refractivity contribution is 7.86. The molecule has 1 unspecified atom stereocenters. The number of benzene rings is 1. The Bertz CT molecular complexity index is 990. The summed E-state index contributed by atoms with van der Waals surface area (Å²) in [6.45, 7) is 6.87. The zero-order chi connectivity index (χ0) is 26.0. The normalized spacial score (nSPS) is 14.8. The van der Waals surface area contributed by atoms with E-state index >= 15 is 0 Å². The summed E-state index contributed by atoms with van der Waals surface area (Å²) in [5.41, 5.74) is -7.43. The molecule has 1 atom stereocenters. The summed E-state index contributed by atoms with van der Waals surface area (Å²) in [6, 6.07) is -0.416. The lowest BCUT2D eigenvalue weighted by molar-refractivity contribution is -0.177. The van der Waals surface area contributed by atoms with Gasteiger partial charge < -0.3 is 9.47 Å². The molecule has 0 radical (unpaired) electrons. The molecule has 0 aliphatic carbocycles. The van der Waals surface area contributed by atoms with Crippen molar-refractivity contribution in [3.8, 4) is 0 Å². The molecule has 186 valence electrons. The van der Waals surface area contributed by atoms with Crippen molar-refractivity contribution in [2.24, 2.45) is 5.41 Å². The fraction of sp³-hybridized carbons (Fsp3) is 0.474. The standard InChI is InChI=1S/C19H20F6O7S/c1-6-30-14(26)17(5,15(27)32-16(2,3)4)10-31-33(28,29)13-8-11(18(20,21)22)7-12(9-13)19(23,24)25/h6-9H,1,10H2,2-5H3. The average Bonchev–Trinajstić information content (AvgIpc) is 2.63. The van der Waals surface area contributed by atoms with Crippen LogP contribution >= 0.6 is 0 Å². The summed E-state index contributed by atoms with van der Waals surface area (Å²) in [6.07, 6.45) is -10.0. The van der Waals surface area contributed by atoms with Gasteiger partial charge in [0.2, 0.25) is 0 Å². The van der Waals surface area contributed by atoms with Crippen LogP contribution in [0.2, 0.25) is 0 Å². The fourth-order valence-electron chi connectivity index (χ4n) is 2.13. The largest absolute Gasteiger partial charge is 0.459 e. The smallest absolute Gasteiger partial charge is 0.416 e. The minimum atomic E-state index is -5.33. The van der Waals surface area contributed by atoms with Crippen molar-refractivity contribution in [2.75, 3.05) is 6.61 Å². The van der Waals surface area contributed by atoms with Gasteiger partial charge in [0.1, 0.15) is 5.60 Å². The van der Waals surface area contributed by atoms with Crippen LogP contribution in [0, 0.1) is 5.41 Å². The highest BCUT2D eigenvalue weighted by Crippen LogP contribution is 2.38. The zero-order valence-corrected chi connectivity index (χ0v) is 18.6. The maximum Gasteiger partial charge on any atom is 0.416 e. The second kappa shape index (κ2) is 9.33.